The Morgan fingerprint density at radius 3 is 3.00 bits per heavy atom. The van der Waals surface area contributed by atoms with Gasteiger partial charge < -0.3 is 10.6 Å². The van der Waals surface area contributed by atoms with Crippen LogP contribution >= 0.6 is 0 Å². The third-order valence-corrected chi connectivity index (χ3v) is 2.09. The molecule has 5 nitrogen and oxygen atoms in total. The molecule has 0 unspecified atom stereocenters. The Morgan fingerprint density at radius 2 is 2.27 bits per heavy atom. The average molecular weight is 202 g/mol. The van der Waals surface area contributed by atoms with Gasteiger partial charge in [0.05, 0.1) is 5.69 Å². The first-order chi connectivity index (χ1) is 7.20. The molecule has 0 aromatic carbocycles. The van der Waals surface area contributed by atoms with E-state index in [0.29, 0.717) is 17.3 Å². The molecule has 15 heavy (non-hydrogen) atoms. The predicted octanol–water partition coefficient (Wildman–Crippen LogP) is 1.30. The fourth-order valence-electron chi connectivity index (χ4n) is 1.34. The summed E-state index contributed by atoms with van der Waals surface area (Å²) in [4.78, 5) is 19.2. The SMILES string of the molecule is C=NC1=CC(=O)Nc2c(C)ccnc2N1. The molecule has 1 aliphatic rings. The maximum atomic E-state index is 11.4. The van der Waals surface area contributed by atoms with Crippen molar-refractivity contribution in [2.75, 3.05) is 10.6 Å². The van der Waals surface area contributed by atoms with E-state index in [1.54, 1.807) is 6.20 Å². The highest BCUT2D eigenvalue weighted by molar-refractivity contribution is 6.04. The lowest BCUT2D eigenvalue weighted by Gasteiger charge is -2.09. The van der Waals surface area contributed by atoms with Crippen molar-refractivity contribution in [3.05, 3.63) is 29.7 Å². The number of carbonyl (C=O) groups excluding carboxylic acids is 1. The number of rotatable bonds is 1. The van der Waals surface area contributed by atoms with Crippen LogP contribution in [-0.2, 0) is 4.79 Å². The van der Waals surface area contributed by atoms with Crippen molar-refractivity contribution in [2.24, 2.45) is 4.99 Å². The van der Waals surface area contributed by atoms with E-state index < -0.39 is 0 Å². The third-order valence-electron chi connectivity index (χ3n) is 2.09. The molecule has 0 radical (unpaired) electrons. The maximum absolute atomic E-state index is 11.4. The quantitative estimate of drug-likeness (QED) is 0.674. The lowest BCUT2D eigenvalue weighted by molar-refractivity contribution is -0.111. The van der Waals surface area contributed by atoms with Gasteiger partial charge in [-0.2, -0.15) is 0 Å². The van der Waals surface area contributed by atoms with Crippen molar-refractivity contribution >= 4 is 24.1 Å². The number of fused-ring (bicyclic) bond motifs is 1. The van der Waals surface area contributed by atoms with Gasteiger partial charge in [0, 0.05) is 12.3 Å². The zero-order valence-corrected chi connectivity index (χ0v) is 8.24. The maximum Gasteiger partial charge on any atom is 0.252 e. The highest BCUT2D eigenvalue weighted by Gasteiger charge is 2.14. The molecular formula is C10H10N4O. The van der Waals surface area contributed by atoms with Crippen LogP contribution in [-0.4, -0.2) is 17.6 Å². The van der Waals surface area contributed by atoms with Gasteiger partial charge in [0.1, 0.15) is 5.82 Å². The largest absolute Gasteiger partial charge is 0.323 e. The van der Waals surface area contributed by atoms with Crippen LogP contribution in [0, 0.1) is 6.92 Å². The summed E-state index contributed by atoms with van der Waals surface area (Å²) in [7, 11) is 0. The fraction of sp³-hybridized carbons (Fsp3) is 0.100. The summed E-state index contributed by atoms with van der Waals surface area (Å²) in [5.74, 6) is 0.739. The first-order valence-corrected chi connectivity index (χ1v) is 4.43. The normalized spacial score (nSPS) is 14.2. The minimum Gasteiger partial charge on any atom is -0.323 e. The molecule has 2 N–H and O–H groups in total. The summed E-state index contributed by atoms with van der Waals surface area (Å²) < 4.78 is 0. The van der Waals surface area contributed by atoms with Gasteiger partial charge in [-0.25, -0.2) is 9.98 Å². The molecule has 0 spiro atoms. The Kier molecular flexibility index (Phi) is 2.21. The topological polar surface area (TPSA) is 66.4 Å². The molecule has 0 aliphatic carbocycles. The molecule has 1 amide bonds. The molecule has 0 atom stereocenters. The predicted molar refractivity (Wildman–Crippen MR) is 58.9 cm³/mol. The van der Waals surface area contributed by atoms with E-state index >= 15 is 0 Å². The molecule has 0 saturated carbocycles. The van der Waals surface area contributed by atoms with Gasteiger partial charge in [0.25, 0.3) is 5.91 Å². The Balaban J connectivity index is 2.52. The lowest BCUT2D eigenvalue weighted by atomic mass is 10.2. The van der Waals surface area contributed by atoms with Crippen molar-refractivity contribution in [2.45, 2.75) is 6.92 Å². The molecule has 76 valence electrons. The lowest BCUT2D eigenvalue weighted by Crippen LogP contribution is -2.08. The van der Waals surface area contributed by atoms with Crippen LogP contribution in [0.5, 0.6) is 0 Å². The van der Waals surface area contributed by atoms with E-state index in [1.165, 1.54) is 6.08 Å². The molecule has 1 aliphatic heterocycles. The summed E-state index contributed by atoms with van der Waals surface area (Å²) in [6, 6.07) is 1.83. The van der Waals surface area contributed by atoms with Gasteiger partial charge in [-0.1, -0.05) is 0 Å². The first-order valence-electron chi connectivity index (χ1n) is 4.43. The molecule has 1 aromatic rings. The van der Waals surface area contributed by atoms with Gasteiger partial charge in [-0.15, -0.1) is 0 Å². The summed E-state index contributed by atoms with van der Waals surface area (Å²) >= 11 is 0. The fourth-order valence-corrected chi connectivity index (χ4v) is 1.34. The molecular weight excluding hydrogens is 192 g/mol. The van der Waals surface area contributed by atoms with E-state index in [4.69, 9.17) is 0 Å². The molecule has 2 rings (SSSR count). The van der Waals surface area contributed by atoms with Gasteiger partial charge in [0.2, 0.25) is 0 Å². The van der Waals surface area contributed by atoms with Gasteiger partial charge in [-0.3, -0.25) is 4.79 Å². The second-order valence-electron chi connectivity index (χ2n) is 3.15. The minimum atomic E-state index is -0.236. The third kappa shape index (κ3) is 1.71. The molecule has 5 heteroatoms. The van der Waals surface area contributed by atoms with Crippen LogP contribution in [0.1, 0.15) is 5.56 Å². The van der Waals surface area contributed by atoms with Gasteiger partial charge in [0.15, 0.2) is 5.82 Å². The summed E-state index contributed by atoms with van der Waals surface area (Å²) in [5, 5.41) is 5.64. The second kappa shape index (κ2) is 3.53. The zero-order chi connectivity index (χ0) is 10.8. The van der Waals surface area contributed by atoms with Crippen molar-refractivity contribution in [3.8, 4) is 0 Å². The Bertz CT molecular complexity index is 464. The smallest absolute Gasteiger partial charge is 0.252 e. The van der Waals surface area contributed by atoms with E-state index in [0.717, 1.165) is 5.56 Å². The number of aromatic nitrogens is 1. The number of anilines is 2. The van der Waals surface area contributed by atoms with Crippen molar-refractivity contribution in [1.82, 2.24) is 4.98 Å². The number of nitrogens with zero attached hydrogens (tertiary/aromatic N) is 2. The summed E-state index contributed by atoms with van der Waals surface area (Å²) in [5.41, 5.74) is 1.62. The monoisotopic (exact) mass is 202 g/mol. The zero-order valence-electron chi connectivity index (χ0n) is 8.24. The van der Waals surface area contributed by atoms with E-state index in [2.05, 4.69) is 27.3 Å². The number of amides is 1. The average Bonchev–Trinajstić information content (AvgIpc) is 2.37. The molecule has 2 heterocycles. The van der Waals surface area contributed by atoms with E-state index in [-0.39, 0.29) is 5.91 Å². The van der Waals surface area contributed by atoms with E-state index in [1.807, 2.05) is 13.0 Å². The van der Waals surface area contributed by atoms with Crippen LogP contribution in [0.2, 0.25) is 0 Å². The number of carbonyl (C=O) groups is 1. The van der Waals surface area contributed by atoms with Crippen LogP contribution in [0.3, 0.4) is 0 Å². The highest BCUT2D eigenvalue weighted by atomic mass is 16.1. The highest BCUT2D eigenvalue weighted by Crippen LogP contribution is 2.26. The van der Waals surface area contributed by atoms with Crippen molar-refractivity contribution < 1.29 is 4.79 Å². The van der Waals surface area contributed by atoms with Crippen LogP contribution in [0.4, 0.5) is 11.5 Å². The van der Waals surface area contributed by atoms with Crippen molar-refractivity contribution in [1.29, 1.82) is 0 Å². The van der Waals surface area contributed by atoms with E-state index in [9.17, 15) is 4.79 Å². The Labute approximate surface area is 86.9 Å². The summed E-state index contributed by atoms with van der Waals surface area (Å²) in [6.07, 6.45) is 3.01. The number of nitrogens with one attached hydrogen (secondary N) is 2. The molecule has 1 aromatic heterocycles. The van der Waals surface area contributed by atoms with Crippen LogP contribution in [0.15, 0.2) is 29.2 Å². The standard InChI is InChI=1S/C10H10N4O/c1-6-3-4-12-10-9(6)14-8(15)5-7(11-2)13-10/h3-5H,2H2,1H3,(H,12,13)(H,14,15). The van der Waals surface area contributed by atoms with Crippen LogP contribution in [0.25, 0.3) is 0 Å². The van der Waals surface area contributed by atoms with Gasteiger partial charge in [-0.05, 0) is 25.3 Å². The first kappa shape index (κ1) is 9.39. The Morgan fingerprint density at radius 1 is 1.47 bits per heavy atom. The number of aliphatic imine (C=N–C) groups is 1. The molecule has 0 bridgehead atoms. The number of hydrogen-bond acceptors (Lipinski definition) is 4. The number of pyridine rings is 1. The second-order valence-corrected chi connectivity index (χ2v) is 3.15. The van der Waals surface area contributed by atoms with Crippen LogP contribution < -0.4 is 10.6 Å². The molecule has 0 fully saturated rings. The molecule has 0 saturated heterocycles. The summed E-state index contributed by atoms with van der Waals surface area (Å²) in [6.45, 7) is 5.26. The number of aryl methyl sites for hydroxylation is 1. The number of hydrogen-bond donors (Lipinski definition) is 2. The minimum absolute atomic E-state index is 0.236. The Hall–Kier alpha value is -2.17. The van der Waals surface area contributed by atoms with Gasteiger partial charge >= 0.3 is 0 Å². The van der Waals surface area contributed by atoms with Crippen molar-refractivity contribution in [3.63, 3.8) is 0 Å².